The fraction of sp³-hybridized carbons (Fsp3) is 0.133. The Kier molecular flexibility index (Phi) is 2.73. The summed E-state index contributed by atoms with van der Waals surface area (Å²) in [6.07, 6.45) is 1.71. The van der Waals surface area contributed by atoms with Crippen molar-refractivity contribution in [2.45, 2.75) is 12.8 Å². The molecule has 0 saturated heterocycles. The van der Waals surface area contributed by atoms with Gasteiger partial charge in [-0.15, -0.1) is 0 Å². The topological polar surface area (TPSA) is 48.9 Å². The largest absolute Gasteiger partial charge is 0.508 e. The van der Waals surface area contributed by atoms with E-state index >= 15 is 0 Å². The molecular weight excluding hydrogens is 224 g/mol. The van der Waals surface area contributed by atoms with Crippen LogP contribution in [0.2, 0.25) is 0 Å². The number of aromatic nitrogens is 2. The summed E-state index contributed by atoms with van der Waals surface area (Å²) in [5, 5.41) is 9.40. The molecule has 0 spiro atoms. The fourth-order valence-corrected chi connectivity index (χ4v) is 2.10. The number of aromatic hydroxyl groups is 1. The van der Waals surface area contributed by atoms with Gasteiger partial charge in [0.2, 0.25) is 0 Å². The Bertz CT molecular complexity index is 640. The minimum atomic E-state index is 0.317. The maximum atomic E-state index is 9.40. The van der Waals surface area contributed by atoms with E-state index < -0.39 is 0 Å². The van der Waals surface area contributed by atoms with E-state index in [1.807, 2.05) is 36.4 Å². The van der Waals surface area contributed by atoms with Crippen molar-refractivity contribution in [3.63, 3.8) is 0 Å². The maximum absolute atomic E-state index is 9.40. The average molecular weight is 238 g/mol. The summed E-state index contributed by atoms with van der Waals surface area (Å²) in [5.41, 5.74) is 3.20. The van der Waals surface area contributed by atoms with Crippen LogP contribution in [0.25, 0.3) is 11.0 Å². The normalized spacial score (nSPS) is 10.9. The molecule has 0 fully saturated rings. The first-order valence-electron chi connectivity index (χ1n) is 6.03. The highest BCUT2D eigenvalue weighted by Crippen LogP contribution is 2.15. The fourth-order valence-electron chi connectivity index (χ4n) is 2.10. The highest BCUT2D eigenvalue weighted by Gasteiger charge is 2.02. The number of imidazole rings is 1. The van der Waals surface area contributed by atoms with Crippen molar-refractivity contribution in [1.29, 1.82) is 0 Å². The molecule has 3 heteroatoms. The molecule has 1 aromatic heterocycles. The smallest absolute Gasteiger partial charge is 0.115 e. The Hall–Kier alpha value is -2.29. The number of aryl methyl sites for hydroxylation is 2. The minimum absolute atomic E-state index is 0.317. The average Bonchev–Trinajstić information content (AvgIpc) is 2.79. The molecule has 1 heterocycles. The van der Waals surface area contributed by atoms with Crippen LogP contribution in [-0.4, -0.2) is 15.1 Å². The lowest BCUT2D eigenvalue weighted by atomic mass is 10.1. The van der Waals surface area contributed by atoms with Crippen molar-refractivity contribution >= 4 is 11.0 Å². The molecule has 18 heavy (non-hydrogen) atoms. The molecule has 2 N–H and O–H groups in total. The van der Waals surface area contributed by atoms with Gasteiger partial charge in [-0.1, -0.05) is 24.3 Å². The molecule has 90 valence electrons. The predicted molar refractivity (Wildman–Crippen MR) is 71.6 cm³/mol. The molecule has 3 nitrogen and oxygen atoms in total. The van der Waals surface area contributed by atoms with Gasteiger partial charge in [0.15, 0.2) is 0 Å². The third-order valence-electron chi connectivity index (χ3n) is 3.00. The van der Waals surface area contributed by atoms with Crippen LogP contribution in [0.3, 0.4) is 0 Å². The summed E-state index contributed by atoms with van der Waals surface area (Å²) in [6, 6.07) is 15.4. The van der Waals surface area contributed by atoms with E-state index in [0.29, 0.717) is 5.75 Å². The maximum Gasteiger partial charge on any atom is 0.115 e. The third-order valence-corrected chi connectivity index (χ3v) is 3.00. The van der Waals surface area contributed by atoms with Gasteiger partial charge in [0.25, 0.3) is 0 Å². The predicted octanol–water partition coefficient (Wildman–Crippen LogP) is 3.05. The number of phenolic OH excluding ortho intramolecular Hbond substituents is 1. The number of hydrogen-bond acceptors (Lipinski definition) is 2. The molecule has 0 radical (unpaired) electrons. The van der Waals surface area contributed by atoms with Crippen molar-refractivity contribution in [2.24, 2.45) is 0 Å². The molecule has 0 aliphatic rings. The van der Waals surface area contributed by atoms with Crippen LogP contribution in [0.4, 0.5) is 0 Å². The van der Waals surface area contributed by atoms with E-state index in [1.54, 1.807) is 12.1 Å². The van der Waals surface area contributed by atoms with Gasteiger partial charge in [-0.2, -0.15) is 0 Å². The van der Waals surface area contributed by atoms with Gasteiger partial charge in [0.1, 0.15) is 11.6 Å². The first-order valence-corrected chi connectivity index (χ1v) is 6.03. The van der Waals surface area contributed by atoms with Crippen LogP contribution in [0.5, 0.6) is 5.75 Å². The van der Waals surface area contributed by atoms with Crippen LogP contribution >= 0.6 is 0 Å². The van der Waals surface area contributed by atoms with Crippen molar-refractivity contribution in [3.8, 4) is 5.75 Å². The zero-order chi connectivity index (χ0) is 12.4. The number of phenols is 1. The Morgan fingerprint density at radius 3 is 2.72 bits per heavy atom. The van der Waals surface area contributed by atoms with Gasteiger partial charge in [-0.3, -0.25) is 0 Å². The number of rotatable bonds is 3. The van der Waals surface area contributed by atoms with E-state index in [2.05, 4.69) is 9.97 Å². The van der Waals surface area contributed by atoms with E-state index in [-0.39, 0.29) is 0 Å². The van der Waals surface area contributed by atoms with Crippen molar-refractivity contribution in [3.05, 3.63) is 59.9 Å². The van der Waals surface area contributed by atoms with Crippen molar-refractivity contribution < 1.29 is 5.11 Å². The molecular formula is C15H14N2O. The van der Waals surface area contributed by atoms with Crippen LogP contribution in [0.1, 0.15) is 11.4 Å². The van der Waals surface area contributed by atoms with Crippen LogP contribution in [0, 0.1) is 0 Å². The molecule has 0 amide bonds. The van der Waals surface area contributed by atoms with Crippen LogP contribution in [-0.2, 0) is 12.8 Å². The summed E-state index contributed by atoms with van der Waals surface area (Å²) in [6.45, 7) is 0. The van der Waals surface area contributed by atoms with Crippen LogP contribution < -0.4 is 0 Å². The quantitative estimate of drug-likeness (QED) is 0.736. The second kappa shape index (κ2) is 4.53. The lowest BCUT2D eigenvalue weighted by molar-refractivity contribution is 0.474. The summed E-state index contributed by atoms with van der Waals surface area (Å²) in [4.78, 5) is 7.84. The number of aromatic amines is 1. The molecule has 0 unspecified atom stereocenters. The lowest BCUT2D eigenvalue weighted by Crippen LogP contribution is -1.93. The van der Waals surface area contributed by atoms with Crippen molar-refractivity contribution in [2.75, 3.05) is 0 Å². The summed E-state index contributed by atoms with van der Waals surface area (Å²) >= 11 is 0. The minimum Gasteiger partial charge on any atom is -0.508 e. The highest BCUT2D eigenvalue weighted by molar-refractivity contribution is 5.74. The Balaban J connectivity index is 1.76. The highest BCUT2D eigenvalue weighted by atomic mass is 16.3. The number of nitrogens with zero attached hydrogens (tertiary/aromatic N) is 1. The number of H-pyrrole nitrogens is 1. The first kappa shape index (κ1) is 10.8. The summed E-state index contributed by atoms with van der Waals surface area (Å²) in [7, 11) is 0. The SMILES string of the molecule is Oc1cccc(CCc2nc3ccccc3[nH]2)c1. The molecule has 2 aromatic carbocycles. The Morgan fingerprint density at radius 1 is 1.00 bits per heavy atom. The molecule has 0 bridgehead atoms. The molecule has 0 saturated carbocycles. The second-order valence-corrected chi connectivity index (χ2v) is 4.37. The molecule has 3 rings (SSSR count). The summed E-state index contributed by atoms with van der Waals surface area (Å²) in [5.74, 6) is 1.30. The van der Waals surface area contributed by atoms with E-state index in [9.17, 15) is 5.11 Å². The Labute approximate surface area is 105 Å². The summed E-state index contributed by atoms with van der Waals surface area (Å²) < 4.78 is 0. The van der Waals surface area contributed by atoms with Gasteiger partial charge in [-0.25, -0.2) is 4.98 Å². The number of nitrogens with one attached hydrogen (secondary N) is 1. The van der Waals surface area contributed by atoms with E-state index in [1.165, 1.54) is 0 Å². The molecule has 0 aliphatic heterocycles. The van der Waals surface area contributed by atoms with Gasteiger partial charge in [0, 0.05) is 6.42 Å². The molecule has 3 aromatic rings. The molecule has 0 atom stereocenters. The van der Waals surface area contributed by atoms with Gasteiger partial charge in [0.05, 0.1) is 11.0 Å². The zero-order valence-corrected chi connectivity index (χ0v) is 9.93. The zero-order valence-electron chi connectivity index (χ0n) is 9.93. The van der Waals surface area contributed by atoms with Gasteiger partial charge >= 0.3 is 0 Å². The van der Waals surface area contributed by atoms with Gasteiger partial charge in [-0.05, 0) is 36.2 Å². The third kappa shape index (κ3) is 2.20. The standard InChI is InChI=1S/C15H14N2O/c18-12-5-3-4-11(10-12)8-9-15-16-13-6-1-2-7-14(13)17-15/h1-7,10,18H,8-9H2,(H,16,17). The first-order chi connectivity index (χ1) is 8.81. The number of para-hydroxylation sites is 2. The number of benzene rings is 2. The number of hydrogen-bond donors (Lipinski definition) is 2. The second-order valence-electron chi connectivity index (χ2n) is 4.37. The molecule has 0 aliphatic carbocycles. The van der Waals surface area contributed by atoms with Gasteiger partial charge < -0.3 is 10.1 Å². The lowest BCUT2D eigenvalue weighted by Gasteiger charge is -1.99. The van der Waals surface area contributed by atoms with Crippen LogP contribution in [0.15, 0.2) is 48.5 Å². The Morgan fingerprint density at radius 2 is 1.89 bits per heavy atom. The monoisotopic (exact) mass is 238 g/mol. The van der Waals surface area contributed by atoms with Crippen molar-refractivity contribution in [1.82, 2.24) is 9.97 Å². The van der Waals surface area contributed by atoms with E-state index in [4.69, 9.17) is 0 Å². The number of fused-ring (bicyclic) bond motifs is 1. The van der Waals surface area contributed by atoms with E-state index in [0.717, 1.165) is 35.3 Å².